The molecular formula is C12H16N4. The van der Waals surface area contributed by atoms with Gasteiger partial charge in [0.1, 0.15) is 11.9 Å². The second kappa shape index (κ2) is 4.95. The van der Waals surface area contributed by atoms with E-state index in [4.69, 9.17) is 5.26 Å². The van der Waals surface area contributed by atoms with E-state index in [9.17, 15) is 0 Å². The number of hydrogen-bond acceptors (Lipinski definition) is 4. The van der Waals surface area contributed by atoms with Gasteiger partial charge in [0.15, 0.2) is 0 Å². The van der Waals surface area contributed by atoms with Crippen molar-refractivity contribution in [3.05, 3.63) is 23.9 Å². The zero-order valence-corrected chi connectivity index (χ0v) is 9.48. The largest absolute Gasteiger partial charge is 0.352 e. The minimum atomic E-state index is 0.533. The van der Waals surface area contributed by atoms with Gasteiger partial charge in [-0.1, -0.05) is 0 Å². The number of likely N-dealkylation sites (N-methyl/N-ethyl adjacent to an activating group) is 1. The Morgan fingerprint density at radius 2 is 2.50 bits per heavy atom. The number of pyridine rings is 1. The van der Waals surface area contributed by atoms with Crippen molar-refractivity contribution in [2.24, 2.45) is 0 Å². The average molecular weight is 216 g/mol. The van der Waals surface area contributed by atoms with Crippen molar-refractivity contribution >= 4 is 5.82 Å². The van der Waals surface area contributed by atoms with Crippen LogP contribution in [0.2, 0.25) is 0 Å². The molecule has 0 aromatic carbocycles. The van der Waals surface area contributed by atoms with Gasteiger partial charge >= 0.3 is 0 Å². The van der Waals surface area contributed by atoms with Crippen LogP contribution in [-0.4, -0.2) is 31.2 Å². The van der Waals surface area contributed by atoms with Crippen molar-refractivity contribution in [1.82, 2.24) is 10.3 Å². The van der Waals surface area contributed by atoms with E-state index in [0.717, 1.165) is 18.9 Å². The Labute approximate surface area is 95.9 Å². The lowest BCUT2D eigenvalue weighted by Gasteiger charge is -2.25. The highest BCUT2D eigenvalue weighted by Gasteiger charge is 2.24. The molecule has 16 heavy (non-hydrogen) atoms. The molecule has 0 radical (unpaired) electrons. The molecule has 4 heteroatoms. The zero-order valence-electron chi connectivity index (χ0n) is 9.48. The summed E-state index contributed by atoms with van der Waals surface area (Å²) in [5, 5.41) is 11.9. The molecular weight excluding hydrogens is 200 g/mol. The van der Waals surface area contributed by atoms with Gasteiger partial charge in [-0.15, -0.1) is 0 Å². The molecule has 0 bridgehead atoms. The summed E-state index contributed by atoms with van der Waals surface area (Å²) in [6, 6.07) is 6.39. The summed E-state index contributed by atoms with van der Waals surface area (Å²) < 4.78 is 0. The lowest BCUT2D eigenvalue weighted by Crippen LogP contribution is -2.37. The molecule has 0 spiro atoms. The van der Waals surface area contributed by atoms with Crippen molar-refractivity contribution in [3.63, 3.8) is 0 Å². The molecule has 1 aliphatic rings. The van der Waals surface area contributed by atoms with Crippen LogP contribution in [0.15, 0.2) is 18.3 Å². The van der Waals surface area contributed by atoms with E-state index < -0.39 is 0 Å². The average Bonchev–Trinajstić information content (AvgIpc) is 2.78. The number of nitriles is 1. The van der Waals surface area contributed by atoms with Gasteiger partial charge in [0.2, 0.25) is 0 Å². The smallest absolute Gasteiger partial charge is 0.128 e. The summed E-state index contributed by atoms with van der Waals surface area (Å²) >= 11 is 0. The van der Waals surface area contributed by atoms with Crippen LogP contribution >= 0.6 is 0 Å². The summed E-state index contributed by atoms with van der Waals surface area (Å²) in [7, 11) is 1.97. The minimum Gasteiger partial charge on any atom is -0.352 e. The molecule has 1 aromatic rings. The third-order valence-corrected chi connectivity index (χ3v) is 2.99. The van der Waals surface area contributed by atoms with Gasteiger partial charge < -0.3 is 10.2 Å². The van der Waals surface area contributed by atoms with Crippen molar-refractivity contribution in [3.8, 4) is 6.07 Å². The molecule has 1 fully saturated rings. The summed E-state index contributed by atoms with van der Waals surface area (Å²) in [5.41, 5.74) is 0.619. The number of nitrogens with one attached hydrogen (secondary N) is 1. The summed E-state index contributed by atoms with van der Waals surface area (Å²) in [6.07, 6.45) is 4.07. The number of rotatable bonds is 3. The van der Waals surface area contributed by atoms with Crippen LogP contribution in [0.3, 0.4) is 0 Å². The second-order valence-corrected chi connectivity index (χ2v) is 4.06. The molecule has 1 saturated heterocycles. The van der Waals surface area contributed by atoms with E-state index in [2.05, 4.69) is 21.3 Å². The number of hydrogen-bond donors (Lipinski definition) is 1. The molecule has 0 saturated carbocycles. The Hall–Kier alpha value is -1.60. The van der Waals surface area contributed by atoms with E-state index in [1.54, 1.807) is 6.20 Å². The van der Waals surface area contributed by atoms with Gasteiger partial charge in [-0.05, 0) is 32.0 Å². The number of anilines is 1. The molecule has 1 aliphatic heterocycles. The number of nitrogens with zero attached hydrogens (tertiary/aromatic N) is 3. The second-order valence-electron chi connectivity index (χ2n) is 4.06. The molecule has 1 aromatic heterocycles. The monoisotopic (exact) mass is 216 g/mol. The van der Waals surface area contributed by atoms with Gasteiger partial charge in [-0.2, -0.15) is 5.26 Å². The normalized spacial score (nSPS) is 19.8. The minimum absolute atomic E-state index is 0.533. The first kappa shape index (κ1) is 10.9. The predicted molar refractivity (Wildman–Crippen MR) is 63.2 cm³/mol. The standard InChI is InChI=1S/C12H16N4/c1-14-9-11-3-2-6-16(11)12-5-4-10(7-13)8-15-12/h4-5,8,11,14H,2-3,6,9H2,1H3. The van der Waals surface area contributed by atoms with Crippen molar-refractivity contribution in [2.45, 2.75) is 18.9 Å². The maximum atomic E-state index is 8.72. The Balaban J connectivity index is 2.13. The zero-order chi connectivity index (χ0) is 11.4. The first-order valence-electron chi connectivity index (χ1n) is 5.62. The summed E-state index contributed by atoms with van der Waals surface area (Å²) in [6.45, 7) is 2.05. The molecule has 4 nitrogen and oxygen atoms in total. The first-order chi connectivity index (χ1) is 7.85. The van der Waals surface area contributed by atoms with Gasteiger partial charge in [-0.3, -0.25) is 0 Å². The SMILES string of the molecule is CNCC1CCCN1c1ccc(C#N)cn1. The van der Waals surface area contributed by atoms with Gasteiger partial charge in [0.05, 0.1) is 5.56 Å². The van der Waals surface area contributed by atoms with E-state index in [0.29, 0.717) is 11.6 Å². The fourth-order valence-corrected chi connectivity index (χ4v) is 2.21. The third kappa shape index (κ3) is 2.15. The molecule has 2 heterocycles. The van der Waals surface area contributed by atoms with E-state index >= 15 is 0 Å². The maximum absolute atomic E-state index is 8.72. The van der Waals surface area contributed by atoms with Gasteiger partial charge in [0, 0.05) is 25.3 Å². The van der Waals surface area contributed by atoms with E-state index in [-0.39, 0.29) is 0 Å². The fraction of sp³-hybridized carbons (Fsp3) is 0.500. The highest BCUT2D eigenvalue weighted by Crippen LogP contribution is 2.23. The molecule has 2 rings (SSSR count). The van der Waals surface area contributed by atoms with Gasteiger partial charge in [0.25, 0.3) is 0 Å². The first-order valence-corrected chi connectivity index (χ1v) is 5.62. The Kier molecular flexibility index (Phi) is 3.37. The van der Waals surface area contributed by atoms with Crippen LogP contribution in [0.5, 0.6) is 0 Å². The Morgan fingerprint density at radius 3 is 3.12 bits per heavy atom. The summed E-state index contributed by atoms with van der Waals surface area (Å²) in [5.74, 6) is 0.983. The lowest BCUT2D eigenvalue weighted by atomic mass is 10.2. The third-order valence-electron chi connectivity index (χ3n) is 2.99. The van der Waals surface area contributed by atoms with Crippen LogP contribution in [0.1, 0.15) is 18.4 Å². The molecule has 0 aliphatic carbocycles. The van der Waals surface area contributed by atoms with E-state index in [1.807, 2.05) is 19.2 Å². The van der Waals surface area contributed by atoms with Crippen LogP contribution in [0.4, 0.5) is 5.82 Å². The molecule has 1 N–H and O–H groups in total. The van der Waals surface area contributed by atoms with Crippen molar-refractivity contribution in [2.75, 3.05) is 25.0 Å². The molecule has 1 unspecified atom stereocenters. The molecule has 1 atom stereocenters. The fourth-order valence-electron chi connectivity index (χ4n) is 2.21. The molecule has 0 amide bonds. The van der Waals surface area contributed by atoms with E-state index in [1.165, 1.54) is 12.8 Å². The Morgan fingerprint density at radius 1 is 1.62 bits per heavy atom. The predicted octanol–water partition coefficient (Wildman–Crippen LogP) is 1.14. The van der Waals surface area contributed by atoms with Crippen LogP contribution in [-0.2, 0) is 0 Å². The van der Waals surface area contributed by atoms with Gasteiger partial charge in [-0.25, -0.2) is 4.98 Å². The maximum Gasteiger partial charge on any atom is 0.128 e. The Bertz CT molecular complexity index is 379. The van der Waals surface area contributed by atoms with Crippen LogP contribution in [0.25, 0.3) is 0 Å². The number of aromatic nitrogens is 1. The highest BCUT2D eigenvalue weighted by molar-refractivity contribution is 5.43. The van der Waals surface area contributed by atoms with Crippen LogP contribution in [0, 0.1) is 11.3 Å². The lowest BCUT2D eigenvalue weighted by molar-refractivity contribution is 0.612. The quantitative estimate of drug-likeness (QED) is 0.823. The van der Waals surface area contributed by atoms with Crippen LogP contribution < -0.4 is 10.2 Å². The highest BCUT2D eigenvalue weighted by atomic mass is 15.2. The van der Waals surface area contributed by atoms with Crippen molar-refractivity contribution < 1.29 is 0 Å². The summed E-state index contributed by atoms with van der Waals surface area (Å²) in [4.78, 5) is 6.66. The topological polar surface area (TPSA) is 52.0 Å². The van der Waals surface area contributed by atoms with Crippen molar-refractivity contribution in [1.29, 1.82) is 5.26 Å². The molecule has 84 valence electrons.